The first-order valence-corrected chi connectivity index (χ1v) is 8.89. The molecule has 0 bridgehead atoms. The maximum absolute atomic E-state index is 12.1. The summed E-state index contributed by atoms with van der Waals surface area (Å²) in [4.78, 5) is 38.4. The van der Waals surface area contributed by atoms with Crippen molar-refractivity contribution in [2.75, 3.05) is 6.54 Å². The number of thiazole rings is 1. The minimum atomic E-state index is -1.12. The van der Waals surface area contributed by atoms with E-state index in [0.717, 1.165) is 10.6 Å². The van der Waals surface area contributed by atoms with Gasteiger partial charge in [-0.25, -0.2) is 14.6 Å². The SMILES string of the molecule is NC(=O)NCCC[C@H](NC(=O)Cc1csc(-c2ccccc2)n1)C(=O)O. The van der Waals surface area contributed by atoms with Crippen molar-refractivity contribution in [3.8, 4) is 10.6 Å². The maximum Gasteiger partial charge on any atom is 0.326 e. The third kappa shape index (κ3) is 6.17. The number of carboxylic acids is 1. The van der Waals surface area contributed by atoms with Gasteiger partial charge in [-0.2, -0.15) is 0 Å². The fourth-order valence-corrected chi connectivity index (χ4v) is 3.11. The van der Waals surface area contributed by atoms with Gasteiger partial charge in [0.1, 0.15) is 11.0 Å². The van der Waals surface area contributed by atoms with Gasteiger partial charge >= 0.3 is 12.0 Å². The molecular weight excluding hydrogens is 356 g/mol. The van der Waals surface area contributed by atoms with Crippen LogP contribution in [-0.2, 0) is 16.0 Å². The molecule has 0 aliphatic heterocycles. The maximum atomic E-state index is 12.1. The molecule has 8 nitrogen and oxygen atoms in total. The van der Waals surface area contributed by atoms with Crippen LogP contribution >= 0.6 is 11.3 Å². The average Bonchev–Trinajstić information content (AvgIpc) is 3.06. The van der Waals surface area contributed by atoms with Gasteiger partial charge in [0.2, 0.25) is 5.91 Å². The number of aromatic nitrogens is 1. The molecule has 26 heavy (non-hydrogen) atoms. The molecule has 2 aromatic rings. The van der Waals surface area contributed by atoms with Crippen LogP contribution in [0, 0.1) is 0 Å². The number of carboxylic acid groups (broad SMARTS) is 1. The number of urea groups is 1. The van der Waals surface area contributed by atoms with Crippen LogP contribution < -0.4 is 16.4 Å². The lowest BCUT2D eigenvalue weighted by molar-refractivity contribution is -0.141. The third-order valence-electron chi connectivity index (χ3n) is 3.52. The zero-order valence-electron chi connectivity index (χ0n) is 14.0. The number of aliphatic carboxylic acids is 1. The highest BCUT2D eigenvalue weighted by Gasteiger charge is 2.20. The molecule has 1 aromatic carbocycles. The van der Waals surface area contributed by atoms with Gasteiger partial charge in [0, 0.05) is 17.5 Å². The van der Waals surface area contributed by atoms with E-state index in [0.29, 0.717) is 12.1 Å². The zero-order valence-corrected chi connectivity index (χ0v) is 14.8. The molecule has 0 radical (unpaired) electrons. The van der Waals surface area contributed by atoms with E-state index in [1.807, 2.05) is 30.3 Å². The number of carbonyl (C=O) groups excluding carboxylic acids is 2. The molecule has 0 fully saturated rings. The van der Waals surface area contributed by atoms with E-state index < -0.39 is 23.9 Å². The van der Waals surface area contributed by atoms with E-state index in [4.69, 9.17) is 5.73 Å². The Bertz CT molecular complexity index is 763. The third-order valence-corrected chi connectivity index (χ3v) is 4.46. The number of hydrogen-bond donors (Lipinski definition) is 4. The molecule has 0 aliphatic carbocycles. The summed E-state index contributed by atoms with van der Waals surface area (Å²) in [6.07, 6.45) is 0.579. The number of carbonyl (C=O) groups is 3. The second-order valence-electron chi connectivity index (χ2n) is 5.58. The van der Waals surface area contributed by atoms with E-state index in [9.17, 15) is 19.5 Å². The molecule has 0 saturated carbocycles. The smallest absolute Gasteiger partial charge is 0.326 e. The van der Waals surface area contributed by atoms with Crippen LogP contribution in [-0.4, -0.2) is 40.6 Å². The molecule has 3 amide bonds. The van der Waals surface area contributed by atoms with Gasteiger partial charge in [0.05, 0.1) is 12.1 Å². The Labute approximate surface area is 154 Å². The minimum absolute atomic E-state index is 0.00660. The number of hydrogen-bond acceptors (Lipinski definition) is 5. The lowest BCUT2D eigenvalue weighted by Gasteiger charge is -2.14. The number of nitrogens with two attached hydrogens (primary N) is 1. The highest BCUT2D eigenvalue weighted by Crippen LogP contribution is 2.23. The van der Waals surface area contributed by atoms with Gasteiger partial charge in [0.15, 0.2) is 0 Å². The van der Waals surface area contributed by atoms with Gasteiger partial charge in [0.25, 0.3) is 0 Å². The summed E-state index contributed by atoms with van der Waals surface area (Å²) in [5.41, 5.74) is 6.49. The van der Waals surface area contributed by atoms with Crippen molar-refractivity contribution in [2.45, 2.75) is 25.3 Å². The van der Waals surface area contributed by atoms with Crippen LogP contribution in [0.4, 0.5) is 4.79 Å². The van der Waals surface area contributed by atoms with Crippen LogP contribution in [0.1, 0.15) is 18.5 Å². The van der Waals surface area contributed by atoms with Crippen molar-refractivity contribution in [2.24, 2.45) is 5.73 Å². The Morgan fingerprint density at radius 2 is 1.96 bits per heavy atom. The van der Waals surface area contributed by atoms with Gasteiger partial charge in [-0.05, 0) is 12.8 Å². The summed E-state index contributed by atoms with van der Waals surface area (Å²) in [5, 5.41) is 16.7. The molecule has 9 heteroatoms. The quantitative estimate of drug-likeness (QED) is 0.490. The molecule has 1 atom stereocenters. The number of nitrogens with one attached hydrogen (secondary N) is 2. The van der Waals surface area contributed by atoms with Crippen molar-refractivity contribution >= 4 is 29.2 Å². The highest BCUT2D eigenvalue weighted by atomic mass is 32.1. The summed E-state index contributed by atoms with van der Waals surface area (Å²) in [5.74, 6) is -1.54. The molecule has 0 saturated heterocycles. The Hall–Kier alpha value is -2.94. The Balaban J connectivity index is 1.87. The Morgan fingerprint density at radius 1 is 1.23 bits per heavy atom. The molecule has 1 aromatic heterocycles. The van der Waals surface area contributed by atoms with E-state index in [2.05, 4.69) is 15.6 Å². The molecule has 1 heterocycles. The number of benzene rings is 1. The predicted octanol–water partition coefficient (Wildman–Crippen LogP) is 1.37. The highest BCUT2D eigenvalue weighted by molar-refractivity contribution is 7.13. The van der Waals surface area contributed by atoms with Crippen LogP contribution in [0.25, 0.3) is 10.6 Å². The van der Waals surface area contributed by atoms with Crippen LogP contribution in [0.3, 0.4) is 0 Å². The minimum Gasteiger partial charge on any atom is -0.480 e. The Morgan fingerprint density at radius 3 is 2.62 bits per heavy atom. The molecule has 5 N–H and O–H groups in total. The fourth-order valence-electron chi connectivity index (χ4n) is 2.29. The molecule has 138 valence electrons. The number of primary amides is 1. The molecule has 0 aliphatic rings. The van der Waals surface area contributed by atoms with E-state index in [1.54, 1.807) is 5.38 Å². The monoisotopic (exact) mass is 376 g/mol. The van der Waals surface area contributed by atoms with E-state index >= 15 is 0 Å². The largest absolute Gasteiger partial charge is 0.480 e. The lowest BCUT2D eigenvalue weighted by atomic mass is 10.1. The molecule has 2 rings (SSSR count). The van der Waals surface area contributed by atoms with Crippen LogP contribution in [0.2, 0.25) is 0 Å². The second-order valence-corrected chi connectivity index (χ2v) is 6.44. The first-order chi connectivity index (χ1) is 12.5. The zero-order chi connectivity index (χ0) is 18.9. The van der Waals surface area contributed by atoms with Crippen molar-refractivity contribution in [3.63, 3.8) is 0 Å². The second kappa shape index (κ2) is 9.52. The van der Waals surface area contributed by atoms with E-state index in [-0.39, 0.29) is 19.4 Å². The number of amides is 3. The topological polar surface area (TPSA) is 134 Å². The summed E-state index contributed by atoms with van der Waals surface area (Å²) >= 11 is 1.43. The van der Waals surface area contributed by atoms with E-state index in [1.165, 1.54) is 11.3 Å². The van der Waals surface area contributed by atoms with Crippen molar-refractivity contribution in [1.29, 1.82) is 0 Å². The first kappa shape index (κ1) is 19.4. The predicted molar refractivity (Wildman–Crippen MR) is 97.6 cm³/mol. The summed E-state index contributed by atoms with van der Waals surface area (Å²) in [6, 6.07) is 7.91. The summed E-state index contributed by atoms with van der Waals surface area (Å²) in [6.45, 7) is 0.251. The first-order valence-electron chi connectivity index (χ1n) is 8.01. The van der Waals surface area contributed by atoms with Gasteiger partial charge < -0.3 is 21.5 Å². The van der Waals surface area contributed by atoms with Crippen LogP contribution in [0.15, 0.2) is 35.7 Å². The molecule has 0 unspecified atom stereocenters. The number of rotatable bonds is 9. The summed E-state index contributed by atoms with van der Waals surface area (Å²) in [7, 11) is 0. The Kier molecular flexibility index (Phi) is 7.10. The number of nitrogens with zero attached hydrogens (tertiary/aromatic N) is 1. The van der Waals surface area contributed by atoms with Crippen LogP contribution in [0.5, 0.6) is 0 Å². The van der Waals surface area contributed by atoms with Crippen molar-refractivity contribution in [1.82, 2.24) is 15.6 Å². The average molecular weight is 376 g/mol. The lowest BCUT2D eigenvalue weighted by Crippen LogP contribution is -2.42. The van der Waals surface area contributed by atoms with Gasteiger partial charge in [-0.3, -0.25) is 4.79 Å². The van der Waals surface area contributed by atoms with Gasteiger partial charge in [-0.15, -0.1) is 11.3 Å². The summed E-state index contributed by atoms with van der Waals surface area (Å²) < 4.78 is 0. The fraction of sp³-hybridized carbons (Fsp3) is 0.294. The standard InChI is InChI=1S/C17H20N4O4S/c18-17(25)19-8-4-7-13(16(23)24)21-14(22)9-12-10-26-15(20-12)11-5-2-1-3-6-11/h1-3,5-6,10,13H,4,7-9H2,(H,21,22)(H,23,24)(H3,18,19,25)/t13-/m0/s1. The molecule has 0 spiro atoms. The van der Waals surface area contributed by atoms with Crippen molar-refractivity contribution < 1.29 is 19.5 Å². The van der Waals surface area contributed by atoms with Gasteiger partial charge in [-0.1, -0.05) is 30.3 Å². The molecular formula is C17H20N4O4S. The normalized spacial score (nSPS) is 11.5. The van der Waals surface area contributed by atoms with Crippen molar-refractivity contribution in [3.05, 3.63) is 41.4 Å².